The molecule has 0 aliphatic rings. The number of rotatable bonds is 3. The van der Waals surface area contributed by atoms with Crippen LogP contribution in [-0.4, -0.2) is 8.42 Å². The average molecular weight is 443 g/mol. The minimum atomic E-state index is -3.78. The molecule has 2 rings (SSSR count). The second-order valence-electron chi connectivity index (χ2n) is 3.91. The number of nitrogen functional groups attached to an aromatic ring is 1. The highest BCUT2D eigenvalue weighted by molar-refractivity contribution is 14.1. The summed E-state index contributed by atoms with van der Waals surface area (Å²) in [6.07, 6.45) is 0. The molecule has 0 saturated heterocycles. The van der Waals surface area contributed by atoms with Crippen molar-refractivity contribution in [1.82, 2.24) is 0 Å². The zero-order valence-corrected chi connectivity index (χ0v) is 14.4. The van der Waals surface area contributed by atoms with Crippen molar-refractivity contribution in [2.24, 2.45) is 0 Å². The third kappa shape index (κ3) is 3.49. The van der Waals surface area contributed by atoms with Crippen molar-refractivity contribution in [1.29, 1.82) is 0 Å². The minimum Gasteiger partial charge on any atom is -0.398 e. The summed E-state index contributed by atoms with van der Waals surface area (Å²) in [4.78, 5) is -0.0207. The van der Waals surface area contributed by atoms with E-state index in [1.807, 2.05) is 22.6 Å². The maximum Gasteiger partial charge on any atom is 0.263 e. The van der Waals surface area contributed by atoms with Crippen molar-refractivity contribution in [2.75, 3.05) is 10.5 Å². The van der Waals surface area contributed by atoms with E-state index in [2.05, 4.69) is 4.72 Å². The number of hydrogen-bond donors (Lipinski definition) is 2. The lowest BCUT2D eigenvalue weighted by atomic mass is 10.3. The van der Waals surface area contributed by atoms with E-state index in [4.69, 9.17) is 28.9 Å². The molecule has 0 fully saturated rings. The summed E-state index contributed by atoms with van der Waals surface area (Å²) in [6, 6.07) is 9.08. The monoisotopic (exact) mass is 442 g/mol. The summed E-state index contributed by atoms with van der Waals surface area (Å²) in [5, 5.41) is 0.908. The summed E-state index contributed by atoms with van der Waals surface area (Å²) in [7, 11) is -3.78. The van der Waals surface area contributed by atoms with Gasteiger partial charge in [-0.15, -0.1) is 0 Å². The smallest absolute Gasteiger partial charge is 0.263 e. The first-order chi connectivity index (χ1) is 9.29. The quantitative estimate of drug-likeness (QED) is 0.557. The topological polar surface area (TPSA) is 72.2 Å². The van der Waals surface area contributed by atoms with Gasteiger partial charge in [0.2, 0.25) is 0 Å². The molecule has 0 spiro atoms. The van der Waals surface area contributed by atoms with Crippen LogP contribution in [0.25, 0.3) is 0 Å². The van der Waals surface area contributed by atoms with Crippen LogP contribution in [0.4, 0.5) is 11.4 Å². The number of halogens is 3. The highest BCUT2D eigenvalue weighted by Crippen LogP contribution is 2.27. The van der Waals surface area contributed by atoms with Gasteiger partial charge in [0.15, 0.2) is 0 Å². The van der Waals surface area contributed by atoms with Crippen molar-refractivity contribution in [3.8, 4) is 0 Å². The van der Waals surface area contributed by atoms with E-state index >= 15 is 0 Å². The Balaban J connectivity index is 2.41. The molecule has 4 nitrogen and oxygen atoms in total. The standard InChI is InChI=1S/C12H9Cl2IN2O2S/c13-7-1-3-11(9(15)5-7)17-20(18,19)12-4-2-8(14)6-10(12)16/h1-6,17H,16H2. The van der Waals surface area contributed by atoms with Crippen LogP contribution in [0.5, 0.6) is 0 Å². The molecule has 0 amide bonds. The molecule has 8 heteroatoms. The Morgan fingerprint density at radius 3 is 2.25 bits per heavy atom. The van der Waals surface area contributed by atoms with E-state index < -0.39 is 10.0 Å². The predicted octanol–water partition coefficient (Wildman–Crippen LogP) is 3.98. The van der Waals surface area contributed by atoms with Crippen molar-refractivity contribution in [3.63, 3.8) is 0 Å². The number of hydrogen-bond acceptors (Lipinski definition) is 3. The molecule has 2 aromatic carbocycles. The molecule has 0 aromatic heterocycles. The Kier molecular flexibility index (Phi) is 4.68. The molecule has 0 aliphatic carbocycles. The van der Waals surface area contributed by atoms with Gasteiger partial charge in [-0.3, -0.25) is 4.72 Å². The number of anilines is 2. The summed E-state index contributed by atoms with van der Waals surface area (Å²) in [5.74, 6) is 0. The number of benzene rings is 2. The van der Waals surface area contributed by atoms with Crippen LogP contribution in [0.15, 0.2) is 41.3 Å². The lowest BCUT2D eigenvalue weighted by Crippen LogP contribution is -2.15. The number of nitrogens with one attached hydrogen (secondary N) is 1. The van der Waals surface area contributed by atoms with Crippen molar-refractivity contribution >= 4 is 67.2 Å². The Bertz CT molecular complexity index is 766. The van der Waals surface area contributed by atoms with Gasteiger partial charge in [-0.25, -0.2) is 8.42 Å². The zero-order chi connectivity index (χ0) is 14.9. The third-order valence-electron chi connectivity index (χ3n) is 2.44. The average Bonchev–Trinajstić information content (AvgIpc) is 2.32. The molecular weight excluding hydrogens is 434 g/mol. The molecule has 0 atom stereocenters. The van der Waals surface area contributed by atoms with Gasteiger partial charge in [-0.2, -0.15) is 0 Å². The largest absolute Gasteiger partial charge is 0.398 e. The minimum absolute atomic E-state index is 0.0207. The summed E-state index contributed by atoms with van der Waals surface area (Å²) in [5.41, 5.74) is 6.22. The molecule has 0 radical (unpaired) electrons. The van der Waals surface area contributed by atoms with E-state index in [9.17, 15) is 8.42 Å². The van der Waals surface area contributed by atoms with Crippen LogP contribution < -0.4 is 10.5 Å². The summed E-state index contributed by atoms with van der Waals surface area (Å²) < 4.78 is 27.8. The van der Waals surface area contributed by atoms with Gasteiger partial charge < -0.3 is 5.73 Å². The first-order valence-electron chi connectivity index (χ1n) is 5.32. The first kappa shape index (κ1) is 15.7. The second kappa shape index (κ2) is 5.97. The SMILES string of the molecule is Nc1cc(Cl)ccc1S(=O)(=O)Nc1ccc(Cl)cc1I. The Morgan fingerprint density at radius 2 is 1.65 bits per heavy atom. The van der Waals surface area contributed by atoms with Gasteiger partial charge in [-0.1, -0.05) is 23.2 Å². The van der Waals surface area contributed by atoms with E-state index in [-0.39, 0.29) is 10.6 Å². The van der Waals surface area contributed by atoms with E-state index in [0.29, 0.717) is 19.3 Å². The lowest BCUT2D eigenvalue weighted by molar-refractivity contribution is 0.601. The Hall–Kier alpha value is -0.700. The highest BCUT2D eigenvalue weighted by atomic mass is 127. The first-order valence-corrected chi connectivity index (χ1v) is 8.64. The molecule has 0 heterocycles. The third-order valence-corrected chi connectivity index (χ3v) is 5.24. The van der Waals surface area contributed by atoms with Gasteiger partial charge in [0.1, 0.15) is 4.90 Å². The van der Waals surface area contributed by atoms with Crippen LogP contribution in [-0.2, 0) is 10.0 Å². The van der Waals surface area contributed by atoms with Gasteiger partial charge in [0.05, 0.1) is 11.4 Å². The summed E-state index contributed by atoms with van der Waals surface area (Å²) >= 11 is 13.6. The maximum absolute atomic E-state index is 12.3. The second-order valence-corrected chi connectivity index (χ2v) is 7.60. The van der Waals surface area contributed by atoms with E-state index in [1.165, 1.54) is 18.2 Å². The predicted molar refractivity (Wildman–Crippen MR) is 90.8 cm³/mol. The fourth-order valence-electron chi connectivity index (χ4n) is 1.54. The number of sulfonamides is 1. The van der Waals surface area contributed by atoms with Crippen LogP contribution in [0, 0.1) is 3.57 Å². The molecule has 0 unspecified atom stereocenters. The van der Waals surface area contributed by atoms with E-state index in [0.717, 1.165) is 0 Å². The van der Waals surface area contributed by atoms with Crippen molar-refractivity contribution in [2.45, 2.75) is 4.90 Å². The van der Waals surface area contributed by atoms with Gasteiger partial charge in [0.25, 0.3) is 10.0 Å². The molecule has 106 valence electrons. The molecule has 2 aromatic rings. The normalized spacial score (nSPS) is 11.3. The van der Waals surface area contributed by atoms with Crippen molar-refractivity contribution in [3.05, 3.63) is 50.0 Å². The Morgan fingerprint density at radius 1 is 1.05 bits per heavy atom. The van der Waals surface area contributed by atoms with Gasteiger partial charge in [0, 0.05) is 13.6 Å². The Labute approximate surface area is 140 Å². The fraction of sp³-hybridized carbons (Fsp3) is 0. The highest BCUT2D eigenvalue weighted by Gasteiger charge is 2.18. The maximum atomic E-state index is 12.3. The molecule has 20 heavy (non-hydrogen) atoms. The molecule has 0 bridgehead atoms. The fourth-order valence-corrected chi connectivity index (χ4v) is 4.10. The van der Waals surface area contributed by atoms with Gasteiger partial charge >= 0.3 is 0 Å². The molecule has 0 aliphatic heterocycles. The molecule has 0 saturated carbocycles. The van der Waals surface area contributed by atoms with Crippen molar-refractivity contribution < 1.29 is 8.42 Å². The molecular formula is C12H9Cl2IN2O2S. The number of nitrogens with two attached hydrogens (primary N) is 1. The summed E-state index contributed by atoms with van der Waals surface area (Å²) in [6.45, 7) is 0. The van der Waals surface area contributed by atoms with Crippen LogP contribution in [0.2, 0.25) is 10.0 Å². The zero-order valence-electron chi connectivity index (χ0n) is 9.90. The van der Waals surface area contributed by atoms with Crippen LogP contribution in [0.3, 0.4) is 0 Å². The van der Waals surface area contributed by atoms with E-state index in [1.54, 1.807) is 18.2 Å². The molecule has 3 N–H and O–H groups in total. The van der Waals surface area contributed by atoms with Gasteiger partial charge in [-0.05, 0) is 59.0 Å². The van der Waals surface area contributed by atoms with Crippen LogP contribution in [0.1, 0.15) is 0 Å². The van der Waals surface area contributed by atoms with Crippen LogP contribution >= 0.6 is 45.8 Å². The lowest BCUT2D eigenvalue weighted by Gasteiger charge is -2.12.